The van der Waals surface area contributed by atoms with Gasteiger partial charge in [0.2, 0.25) is 0 Å². The third-order valence-corrected chi connectivity index (χ3v) is 14.5. The van der Waals surface area contributed by atoms with Gasteiger partial charge in [0.1, 0.15) is 0 Å². The fourth-order valence-electron chi connectivity index (χ4n) is 11.2. The number of rotatable bonds is 6. The maximum Gasteiger partial charge on any atom is 0.0972 e. The molecule has 4 nitrogen and oxygen atoms in total. The zero-order valence-electron chi connectivity index (χ0n) is 38.9. The van der Waals surface area contributed by atoms with E-state index in [1.807, 2.05) is 0 Å². The number of aromatic nitrogens is 4. The quantitative estimate of drug-likeness (QED) is 0.156. The van der Waals surface area contributed by atoms with Crippen molar-refractivity contribution in [1.82, 2.24) is 19.9 Å². The molecule has 0 bridgehead atoms. The minimum atomic E-state index is -0.685. The first-order valence-electron chi connectivity index (χ1n) is 23.8. The molecule has 8 aromatic carbocycles. The summed E-state index contributed by atoms with van der Waals surface area (Å²) in [7, 11) is 0. The minimum Gasteiger partial charge on any atom is -0.251 e. The van der Waals surface area contributed by atoms with Crippen molar-refractivity contribution in [3.63, 3.8) is 0 Å². The molecule has 1 aliphatic rings. The van der Waals surface area contributed by atoms with Crippen molar-refractivity contribution in [1.29, 1.82) is 0 Å². The first kappa shape index (κ1) is 40.7. The van der Waals surface area contributed by atoms with Gasteiger partial charge < -0.3 is 0 Å². The van der Waals surface area contributed by atoms with Crippen LogP contribution in [0.25, 0.3) is 99.5 Å². The lowest BCUT2D eigenvalue weighted by Crippen LogP contribution is -2.28. The SMILES string of the molecule is Cc1cc(C)c2ccc3ccc(-c4ccc(C5(c6ccc(-c7ccc8ccc9c(C)cc(C)nc9c8n7)cc6)c6cc(-c7ccccc7)ccc6-c6ccc(-c7ccccc7)cc65)cc4)nc3c2n1. The van der Waals surface area contributed by atoms with Crippen LogP contribution < -0.4 is 0 Å². The number of fused-ring (bicyclic) bond motifs is 9. The highest BCUT2D eigenvalue weighted by atomic mass is 14.8. The molecule has 0 aliphatic heterocycles. The van der Waals surface area contributed by atoms with Gasteiger partial charge >= 0.3 is 0 Å². The van der Waals surface area contributed by atoms with Crippen LogP contribution in [0.2, 0.25) is 0 Å². The summed E-state index contributed by atoms with van der Waals surface area (Å²) in [6, 6.07) is 75.6. The van der Waals surface area contributed by atoms with Gasteiger partial charge in [-0.25, -0.2) is 9.97 Å². The normalized spacial score (nSPS) is 12.8. The van der Waals surface area contributed by atoms with E-state index in [9.17, 15) is 0 Å². The lowest BCUT2D eigenvalue weighted by atomic mass is 9.67. The van der Waals surface area contributed by atoms with Crippen molar-refractivity contribution in [2.45, 2.75) is 33.1 Å². The summed E-state index contributed by atoms with van der Waals surface area (Å²) in [5.41, 5.74) is 23.5. The number of pyridine rings is 4. The standard InChI is InChI=1S/C65H46N4/c1-39-35-41(3)66-63-53(39)29-19-47-23-33-59(68-61(47)63)45-15-25-51(26-16-45)65(52-27-17-46(18-28-52)60-34-24-48-20-30-54-40(2)36-42(4)67-64(54)62(48)69-60)57-37-49(43-11-7-5-8-12-43)21-31-55(57)56-32-22-50(38-58(56)65)44-13-9-6-10-14-44/h5-38H,1-4H3. The highest BCUT2D eigenvalue weighted by Gasteiger charge is 2.46. The topological polar surface area (TPSA) is 51.6 Å². The summed E-state index contributed by atoms with van der Waals surface area (Å²) >= 11 is 0. The lowest BCUT2D eigenvalue weighted by Gasteiger charge is -2.34. The Hall–Kier alpha value is -8.60. The Labute approximate surface area is 401 Å². The van der Waals surface area contributed by atoms with Gasteiger partial charge in [-0.05, 0) is 131 Å². The Bertz CT molecular complexity index is 3760. The van der Waals surface area contributed by atoms with Crippen LogP contribution in [0.1, 0.15) is 44.8 Å². The number of nitrogens with zero attached hydrogens (tertiary/aromatic N) is 4. The summed E-state index contributed by atoms with van der Waals surface area (Å²) in [6.45, 7) is 8.42. The average Bonchev–Trinajstić information content (AvgIpc) is 3.68. The summed E-state index contributed by atoms with van der Waals surface area (Å²) < 4.78 is 0. The van der Waals surface area contributed by atoms with Gasteiger partial charge in [0, 0.05) is 44.1 Å². The van der Waals surface area contributed by atoms with Crippen LogP contribution in [0, 0.1) is 27.7 Å². The fourth-order valence-corrected chi connectivity index (χ4v) is 11.2. The summed E-state index contributed by atoms with van der Waals surface area (Å²) in [6.07, 6.45) is 0. The van der Waals surface area contributed by atoms with Crippen molar-refractivity contribution in [2.75, 3.05) is 0 Å². The molecule has 4 aromatic heterocycles. The van der Waals surface area contributed by atoms with E-state index in [1.165, 1.54) is 66.8 Å². The molecule has 0 atom stereocenters. The molecule has 326 valence electrons. The molecule has 0 spiro atoms. The molecule has 13 rings (SSSR count). The zero-order valence-corrected chi connectivity index (χ0v) is 38.9. The molecular weight excluding hydrogens is 837 g/mol. The van der Waals surface area contributed by atoms with Gasteiger partial charge in [-0.15, -0.1) is 0 Å². The minimum absolute atomic E-state index is 0.685. The Kier molecular flexibility index (Phi) is 9.28. The molecule has 4 heteroatoms. The van der Waals surface area contributed by atoms with E-state index in [1.54, 1.807) is 0 Å². The summed E-state index contributed by atoms with van der Waals surface area (Å²) in [5.74, 6) is 0. The first-order chi connectivity index (χ1) is 33.8. The van der Waals surface area contributed by atoms with Gasteiger partial charge in [-0.3, -0.25) is 9.97 Å². The molecule has 4 heterocycles. The van der Waals surface area contributed by atoms with Crippen LogP contribution in [0.15, 0.2) is 206 Å². The van der Waals surface area contributed by atoms with Crippen molar-refractivity contribution in [3.8, 4) is 55.9 Å². The third kappa shape index (κ3) is 6.51. The fraction of sp³-hybridized carbons (Fsp3) is 0.0769. The second-order valence-electron chi connectivity index (χ2n) is 18.8. The van der Waals surface area contributed by atoms with E-state index in [2.05, 4.69) is 234 Å². The second-order valence-corrected chi connectivity index (χ2v) is 18.8. The van der Waals surface area contributed by atoms with Gasteiger partial charge in [-0.2, -0.15) is 0 Å². The Morgan fingerprint density at radius 1 is 0.304 bits per heavy atom. The van der Waals surface area contributed by atoms with E-state index >= 15 is 0 Å². The van der Waals surface area contributed by atoms with E-state index in [0.29, 0.717) is 0 Å². The molecule has 69 heavy (non-hydrogen) atoms. The maximum absolute atomic E-state index is 5.33. The lowest BCUT2D eigenvalue weighted by molar-refractivity contribution is 0.769. The second kappa shape index (κ2) is 15.8. The van der Waals surface area contributed by atoms with Crippen LogP contribution in [-0.4, -0.2) is 19.9 Å². The Morgan fingerprint density at radius 3 is 1.12 bits per heavy atom. The Morgan fingerprint density at radius 2 is 0.696 bits per heavy atom. The molecule has 0 saturated heterocycles. The summed E-state index contributed by atoms with van der Waals surface area (Å²) in [4.78, 5) is 20.7. The van der Waals surface area contributed by atoms with Crippen molar-refractivity contribution >= 4 is 43.6 Å². The van der Waals surface area contributed by atoms with Crippen molar-refractivity contribution in [2.24, 2.45) is 0 Å². The third-order valence-electron chi connectivity index (χ3n) is 14.5. The largest absolute Gasteiger partial charge is 0.251 e. The average molecular weight is 883 g/mol. The number of hydrogen-bond donors (Lipinski definition) is 0. The first-order valence-corrected chi connectivity index (χ1v) is 23.8. The smallest absolute Gasteiger partial charge is 0.0972 e. The van der Waals surface area contributed by atoms with E-state index in [0.717, 1.165) is 77.5 Å². The van der Waals surface area contributed by atoms with Crippen molar-refractivity contribution < 1.29 is 0 Å². The predicted molar refractivity (Wildman–Crippen MR) is 286 cm³/mol. The number of benzene rings is 8. The van der Waals surface area contributed by atoms with Gasteiger partial charge in [0.05, 0.1) is 38.9 Å². The van der Waals surface area contributed by atoms with Crippen LogP contribution in [-0.2, 0) is 5.41 Å². The molecule has 0 amide bonds. The molecule has 1 aliphatic carbocycles. The van der Waals surface area contributed by atoms with Crippen LogP contribution in [0.3, 0.4) is 0 Å². The van der Waals surface area contributed by atoms with Crippen LogP contribution in [0.5, 0.6) is 0 Å². The van der Waals surface area contributed by atoms with E-state index in [4.69, 9.17) is 19.9 Å². The number of aryl methyl sites for hydroxylation is 4. The molecule has 0 unspecified atom stereocenters. The van der Waals surface area contributed by atoms with Gasteiger partial charge in [-0.1, -0.05) is 170 Å². The van der Waals surface area contributed by atoms with Crippen molar-refractivity contribution in [3.05, 3.63) is 251 Å². The molecule has 0 N–H and O–H groups in total. The van der Waals surface area contributed by atoms with E-state index < -0.39 is 5.41 Å². The van der Waals surface area contributed by atoms with Gasteiger partial charge in [0.15, 0.2) is 0 Å². The number of hydrogen-bond acceptors (Lipinski definition) is 4. The highest BCUT2D eigenvalue weighted by Crippen LogP contribution is 2.58. The molecule has 12 aromatic rings. The Balaban J connectivity index is 1.03. The molecular formula is C65H46N4. The molecule has 0 fully saturated rings. The monoisotopic (exact) mass is 882 g/mol. The molecule has 0 saturated carbocycles. The zero-order chi connectivity index (χ0) is 46.4. The highest BCUT2D eigenvalue weighted by molar-refractivity contribution is 6.06. The predicted octanol–water partition coefficient (Wildman–Crippen LogP) is 16.1. The van der Waals surface area contributed by atoms with Crippen LogP contribution in [0.4, 0.5) is 0 Å². The van der Waals surface area contributed by atoms with Gasteiger partial charge in [0.25, 0.3) is 0 Å². The molecule has 0 radical (unpaired) electrons. The van der Waals surface area contributed by atoms with E-state index in [-0.39, 0.29) is 0 Å². The maximum atomic E-state index is 5.33. The van der Waals surface area contributed by atoms with Crippen LogP contribution >= 0.6 is 0 Å². The summed E-state index contributed by atoms with van der Waals surface area (Å²) in [5, 5.41) is 4.44.